The average molecular weight is 831 g/mol. The summed E-state index contributed by atoms with van der Waals surface area (Å²) in [6.45, 7) is 0.0550. The second kappa shape index (κ2) is 14.1. The molecule has 0 bridgehead atoms. The molecular formula is C53H32B2N2OS3. The molecule has 0 unspecified atom stereocenters. The van der Waals surface area contributed by atoms with E-state index in [1.165, 1.54) is 69.0 Å². The van der Waals surface area contributed by atoms with Crippen molar-refractivity contribution >= 4 is 98.6 Å². The summed E-state index contributed by atoms with van der Waals surface area (Å²) < 4.78 is 6.87. The van der Waals surface area contributed by atoms with E-state index in [9.17, 15) is 0 Å². The third-order valence-corrected chi connectivity index (χ3v) is 15.6. The summed E-state index contributed by atoms with van der Waals surface area (Å²) in [5.74, 6) is 1.83. The van der Waals surface area contributed by atoms with Gasteiger partial charge < -0.3 is 9.64 Å². The zero-order chi connectivity index (χ0) is 40.0. The van der Waals surface area contributed by atoms with E-state index >= 15 is 0 Å². The van der Waals surface area contributed by atoms with Crippen molar-refractivity contribution in [2.75, 3.05) is 4.90 Å². The molecule has 4 aliphatic rings. The minimum absolute atomic E-state index is 0.00540. The van der Waals surface area contributed by atoms with Crippen LogP contribution in [0.2, 0.25) is 0 Å². The lowest BCUT2D eigenvalue weighted by Gasteiger charge is -2.37. The second-order valence-corrected chi connectivity index (χ2v) is 18.9. The van der Waals surface area contributed by atoms with E-state index in [2.05, 4.69) is 199 Å². The number of anilines is 3. The molecule has 0 aliphatic carbocycles. The van der Waals surface area contributed by atoms with Gasteiger partial charge in [0.2, 0.25) is 6.71 Å². The predicted octanol–water partition coefficient (Wildman–Crippen LogP) is 10.4. The van der Waals surface area contributed by atoms with Gasteiger partial charge in [-0.2, -0.15) is 0 Å². The number of pyridine rings is 1. The van der Waals surface area contributed by atoms with Gasteiger partial charge in [-0.15, -0.1) is 0 Å². The summed E-state index contributed by atoms with van der Waals surface area (Å²) in [7, 11) is 0. The molecule has 0 saturated carbocycles. The molecular weight excluding hydrogens is 798 g/mol. The van der Waals surface area contributed by atoms with Crippen LogP contribution >= 0.6 is 35.3 Å². The van der Waals surface area contributed by atoms with Gasteiger partial charge in [-0.3, -0.25) is 0 Å². The summed E-state index contributed by atoms with van der Waals surface area (Å²) in [5, 5.41) is 2.14. The summed E-state index contributed by atoms with van der Waals surface area (Å²) in [4.78, 5) is 13.2. The zero-order valence-corrected chi connectivity index (χ0v) is 35.1. The summed E-state index contributed by atoms with van der Waals surface area (Å²) in [5.41, 5.74) is 15.8. The highest BCUT2D eigenvalue weighted by Crippen LogP contribution is 2.46. The van der Waals surface area contributed by atoms with Gasteiger partial charge in [0.1, 0.15) is 11.5 Å². The normalized spacial score (nSPS) is 13.4. The van der Waals surface area contributed by atoms with E-state index < -0.39 is 0 Å². The molecule has 0 spiro atoms. The number of benzene rings is 8. The van der Waals surface area contributed by atoms with Crippen molar-refractivity contribution in [3.05, 3.63) is 194 Å². The maximum absolute atomic E-state index is 6.87. The minimum Gasteiger partial charge on any atom is -0.458 e. The molecule has 8 heteroatoms. The Kier molecular flexibility index (Phi) is 8.21. The Morgan fingerprint density at radius 2 is 0.918 bits per heavy atom. The van der Waals surface area contributed by atoms with Crippen LogP contribution in [0, 0.1) is 0 Å². The fraction of sp³-hybridized carbons (Fsp3) is 0. The topological polar surface area (TPSA) is 25.4 Å². The molecule has 284 valence electrons. The van der Waals surface area contributed by atoms with Crippen LogP contribution in [-0.2, 0) is 0 Å². The van der Waals surface area contributed by atoms with Gasteiger partial charge in [-0.05, 0) is 110 Å². The molecule has 0 atom stereocenters. The van der Waals surface area contributed by atoms with Gasteiger partial charge >= 0.3 is 0 Å². The Labute approximate surface area is 368 Å². The highest BCUT2D eigenvalue weighted by molar-refractivity contribution is 8.01. The molecule has 61 heavy (non-hydrogen) atoms. The van der Waals surface area contributed by atoms with Crippen LogP contribution in [0.1, 0.15) is 0 Å². The molecule has 1 aromatic heterocycles. The van der Waals surface area contributed by atoms with Crippen molar-refractivity contribution < 1.29 is 4.74 Å². The number of hydrogen-bond donors (Lipinski definition) is 0. The van der Waals surface area contributed by atoms with Gasteiger partial charge in [0.15, 0.2) is 0 Å². The maximum atomic E-state index is 6.87. The quantitative estimate of drug-likeness (QED) is 0.160. The SMILES string of the molecule is c1ccc(-c2ccccc2-c2cc3c4c(c2)Sc2nc5c(cc2B4c2ccccc2O3)B2c3ccccc3Sc3cc(N(c4ccccc4)c4ccccc4)cc(c32)S5)cc1. The monoisotopic (exact) mass is 830 g/mol. The molecule has 0 radical (unpaired) electrons. The van der Waals surface area contributed by atoms with Crippen molar-refractivity contribution in [3.63, 3.8) is 0 Å². The third kappa shape index (κ3) is 5.70. The molecule has 0 N–H and O–H groups in total. The van der Waals surface area contributed by atoms with Crippen molar-refractivity contribution in [2.24, 2.45) is 0 Å². The Hall–Kier alpha value is -6.31. The van der Waals surface area contributed by atoms with Gasteiger partial charge in [0, 0.05) is 36.6 Å². The number of ether oxygens (including phenoxy) is 1. The average Bonchev–Trinajstić information content (AvgIpc) is 3.31. The Morgan fingerprint density at radius 3 is 1.62 bits per heavy atom. The van der Waals surface area contributed by atoms with E-state index in [0.717, 1.165) is 44.2 Å². The first kappa shape index (κ1) is 35.4. The Bertz CT molecular complexity index is 3200. The molecule has 3 nitrogen and oxygen atoms in total. The van der Waals surface area contributed by atoms with E-state index in [-0.39, 0.29) is 13.4 Å². The van der Waals surface area contributed by atoms with Crippen molar-refractivity contribution in [1.29, 1.82) is 0 Å². The lowest BCUT2D eigenvalue weighted by atomic mass is 9.33. The Balaban J connectivity index is 0.996. The molecule has 5 heterocycles. The number of fused-ring (bicyclic) bond motifs is 8. The van der Waals surface area contributed by atoms with Gasteiger partial charge in [0.05, 0.1) is 10.1 Å². The highest BCUT2D eigenvalue weighted by atomic mass is 32.2. The molecule has 0 fully saturated rings. The van der Waals surface area contributed by atoms with Crippen LogP contribution in [0.3, 0.4) is 0 Å². The van der Waals surface area contributed by atoms with E-state index in [0.29, 0.717) is 0 Å². The molecule has 8 aromatic carbocycles. The number of hydrogen-bond acceptors (Lipinski definition) is 6. The van der Waals surface area contributed by atoms with Crippen LogP contribution in [0.5, 0.6) is 11.5 Å². The van der Waals surface area contributed by atoms with E-state index in [1.807, 2.05) is 23.5 Å². The number of para-hydroxylation sites is 3. The number of aromatic nitrogens is 1. The lowest BCUT2D eigenvalue weighted by Crippen LogP contribution is -2.62. The smallest absolute Gasteiger partial charge is 0.255 e. The Morgan fingerprint density at radius 1 is 0.377 bits per heavy atom. The number of rotatable bonds is 5. The molecule has 13 rings (SSSR count). The van der Waals surface area contributed by atoms with Crippen LogP contribution in [0.4, 0.5) is 17.1 Å². The minimum atomic E-state index is -0.00540. The van der Waals surface area contributed by atoms with Crippen LogP contribution in [-0.4, -0.2) is 18.4 Å². The molecule has 9 aromatic rings. The van der Waals surface area contributed by atoms with Crippen LogP contribution < -0.4 is 42.4 Å². The zero-order valence-electron chi connectivity index (χ0n) is 32.7. The van der Waals surface area contributed by atoms with Crippen molar-refractivity contribution in [1.82, 2.24) is 4.98 Å². The van der Waals surface area contributed by atoms with Crippen LogP contribution in [0.15, 0.2) is 224 Å². The summed E-state index contributed by atoms with van der Waals surface area (Å²) in [6.07, 6.45) is 0. The first-order valence-corrected chi connectivity index (χ1v) is 23.0. The molecule has 0 saturated heterocycles. The standard InChI is InChI=1S/C53H32B2N2OS3/c1-4-16-33(17-5-1)38-22-10-11-23-39(38)34-28-45-50-47(29-34)60-52-42(54(50)40-24-12-14-26-44(40)58-45)32-43-53(56-52)61-49-31-37(30-48-51(49)55(43)41-25-13-15-27-46(41)59-48)57(35-18-6-2-7-19-35)36-20-8-3-9-21-36/h1-32H. The highest BCUT2D eigenvalue weighted by Gasteiger charge is 2.44. The van der Waals surface area contributed by atoms with Gasteiger partial charge in [-0.1, -0.05) is 174 Å². The fourth-order valence-corrected chi connectivity index (χ4v) is 13.3. The first-order chi connectivity index (χ1) is 30.2. The molecule has 4 aliphatic heterocycles. The summed E-state index contributed by atoms with van der Waals surface area (Å²) in [6, 6.07) is 70.3. The fourth-order valence-electron chi connectivity index (χ4n) is 9.70. The maximum Gasteiger partial charge on any atom is 0.255 e. The first-order valence-electron chi connectivity index (χ1n) is 20.6. The third-order valence-electron chi connectivity index (χ3n) is 12.3. The van der Waals surface area contributed by atoms with Gasteiger partial charge in [-0.25, -0.2) is 4.98 Å². The van der Waals surface area contributed by atoms with Crippen LogP contribution in [0.25, 0.3) is 22.3 Å². The van der Waals surface area contributed by atoms with Gasteiger partial charge in [0.25, 0.3) is 6.71 Å². The summed E-state index contributed by atoms with van der Waals surface area (Å²) >= 11 is 5.50. The van der Waals surface area contributed by atoms with E-state index in [1.54, 1.807) is 11.8 Å². The van der Waals surface area contributed by atoms with Crippen molar-refractivity contribution in [3.8, 4) is 33.8 Å². The largest absolute Gasteiger partial charge is 0.458 e. The second-order valence-electron chi connectivity index (χ2n) is 15.8. The van der Waals surface area contributed by atoms with Crippen molar-refractivity contribution in [2.45, 2.75) is 29.6 Å². The lowest BCUT2D eigenvalue weighted by molar-refractivity contribution is 0.486. The number of nitrogens with zero attached hydrogens (tertiary/aromatic N) is 2. The molecule has 0 amide bonds. The van der Waals surface area contributed by atoms with E-state index in [4.69, 9.17) is 9.72 Å². The predicted molar refractivity (Wildman–Crippen MR) is 257 cm³/mol.